The Morgan fingerprint density at radius 1 is 1.07 bits per heavy atom. The number of anilines is 3. The number of piperazine rings is 1. The summed E-state index contributed by atoms with van der Waals surface area (Å²) in [6, 6.07) is 11.1. The number of para-hydroxylation sites is 2. The molecule has 3 amide bonds. The number of carbonyl (C=O) groups excluding carboxylic acids is 2. The van der Waals surface area contributed by atoms with Crippen molar-refractivity contribution in [3.8, 4) is 0 Å². The van der Waals surface area contributed by atoms with E-state index in [0.717, 1.165) is 0 Å². The Balaban J connectivity index is 1.61. The van der Waals surface area contributed by atoms with E-state index in [0.29, 0.717) is 48.3 Å². The molecule has 1 fully saturated rings. The fourth-order valence-electron chi connectivity index (χ4n) is 3.13. The van der Waals surface area contributed by atoms with Crippen LogP contribution in [0, 0.1) is 10.1 Å². The van der Waals surface area contributed by atoms with Gasteiger partial charge in [0.05, 0.1) is 15.6 Å². The summed E-state index contributed by atoms with van der Waals surface area (Å²) in [5, 5.41) is 16.9. The van der Waals surface area contributed by atoms with Crippen LogP contribution in [0.25, 0.3) is 0 Å². The molecule has 1 saturated heterocycles. The van der Waals surface area contributed by atoms with Gasteiger partial charge < -0.3 is 20.4 Å². The lowest BCUT2D eigenvalue weighted by molar-refractivity contribution is -0.384. The topological polar surface area (TPSA) is 108 Å². The van der Waals surface area contributed by atoms with Crippen LogP contribution in [0.4, 0.5) is 27.5 Å². The van der Waals surface area contributed by atoms with Gasteiger partial charge in [-0.05, 0) is 24.3 Å². The molecule has 0 radical (unpaired) electrons. The number of amides is 3. The number of rotatable bonds is 4. The third kappa shape index (κ3) is 4.94. The second-order valence-electron chi connectivity index (χ2n) is 6.53. The number of carbonyl (C=O) groups is 2. The maximum absolute atomic E-state index is 12.6. The first-order chi connectivity index (χ1) is 13.8. The first-order valence-electron chi connectivity index (χ1n) is 8.96. The lowest BCUT2D eigenvalue weighted by Crippen LogP contribution is -2.50. The lowest BCUT2D eigenvalue weighted by atomic mass is 10.2. The minimum Gasteiger partial charge on any atom is -0.362 e. The number of benzene rings is 2. The fourth-order valence-corrected chi connectivity index (χ4v) is 3.36. The van der Waals surface area contributed by atoms with Crippen molar-refractivity contribution in [1.82, 2.24) is 4.90 Å². The highest BCUT2D eigenvalue weighted by Gasteiger charge is 2.25. The maximum Gasteiger partial charge on any atom is 0.322 e. The van der Waals surface area contributed by atoms with Crippen LogP contribution in [0.5, 0.6) is 0 Å². The minimum atomic E-state index is -0.402. The Morgan fingerprint density at radius 3 is 2.38 bits per heavy atom. The summed E-state index contributed by atoms with van der Waals surface area (Å²) in [6.45, 7) is 3.19. The summed E-state index contributed by atoms with van der Waals surface area (Å²) >= 11 is 6.19. The van der Waals surface area contributed by atoms with E-state index in [1.54, 1.807) is 41.3 Å². The van der Waals surface area contributed by atoms with E-state index in [1.165, 1.54) is 13.0 Å². The second kappa shape index (κ2) is 8.78. The summed E-state index contributed by atoms with van der Waals surface area (Å²) in [7, 11) is 0. The summed E-state index contributed by atoms with van der Waals surface area (Å²) < 4.78 is 0. The quantitative estimate of drug-likeness (QED) is 0.584. The number of halogens is 1. The molecule has 0 bridgehead atoms. The lowest BCUT2D eigenvalue weighted by Gasteiger charge is -2.35. The zero-order chi connectivity index (χ0) is 21.0. The molecule has 1 aliphatic rings. The molecule has 0 saturated carbocycles. The summed E-state index contributed by atoms with van der Waals surface area (Å²) in [5.74, 6) is -0.214. The summed E-state index contributed by atoms with van der Waals surface area (Å²) in [5.41, 5.74) is 1.58. The van der Waals surface area contributed by atoms with Gasteiger partial charge in [-0.15, -0.1) is 0 Å². The molecule has 3 rings (SSSR count). The number of nitro groups is 1. The first kappa shape index (κ1) is 20.4. The van der Waals surface area contributed by atoms with Crippen molar-refractivity contribution in [1.29, 1.82) is 0 Å². The van der Waals surface area contributed by atoms with Crippen LogP contribution in [0.1, 0.15) is 6.92 Å². The normalized spacial score (nSPS) is 13.7. The van der Waals surface area contributed by atoms with Crippen LogP contribution in [-0.2, 0) is 4.79 Å². The van der Waals surface area contributed by atoms with Crippen LogP contribution in [-0.4, -0.2) is 47.9 Å². The van der Waals surface area contributed by atoms with Crippen LogP contribution in [0.15, 0.2) is 42.5 Å². The van der Waals surface area contributed by atoms with Gasteiger partial charge in [0.15, 0.2) is 0 Å². The van der Waals surface area contributed by atoms with Gasteiger partial charge in [0.1, 0.15) is 5.69 Å². The van der Waals surface area contributed by atoms with E-state index in [4.69, 9.17) is 11.6 Å². The Labute approximate surface area is 172 Å². The SMILES string of the molecule is CC(=O)Nc1ccc(NC(=O)N2CCN(c3ccccc3[N+](=O)[O-])CC2)c(Cl)c1. The van der Waals surface area contributed by atoms with E-state index >= 15 is 0 Å². The van der Waals surface area contributed by atoms with Gasteiger partial charge in [-0.25, -0.2) is 4.79 Å². The molecule has 0 aliphatic carbocycles. The van der Waals surface area contributed by atoms with Crippen LogP contribution >= 0.6 is 11.6 Å². The van der Waals surface area contributed by atoms with Crippen molar-refractivity contribution in [2.75, 3.05) is 41.7 Å². The molecule has 2 aromatic rings. The average molecular weight is 418 g/mol. The Kier molecular flexibility index (Phi) is 6.18. The van der Waals surface area contributed by atoms with Crippen molar-refractivity contribution in [3.63, 3.8) is 0 Å². The number of nitrogens with zero attached hydrogens (tertiary/aromatic N) is 3. The van der Waals surface area contributed by atoms with Crippen molar-refractivity contribution < 1.29 is 14.5 Å². The van der Waals surface area contributed by atoms with Crippen LogP contribution in [0.2, 0.25) is 5.02 Å². The zero-order valence-corrected chi connectivity index (χ0v) is 16.5. The van der Waals surface area contributed by atoms with E-state index in [-0.39, 0.29) is 17.6 Å². The molecule has 1 heterocycles. The molecule has 0 atom stereocenters. The van der Waals surface area contributed by atoms with Gasteiger partial charge in [0.2, 0.25) is 5.91 Å². The highest BCUT2D eigenvalue weighted by atomic mass is 35.5. The Hall–Kier alpha value is -3.33. The average Bonchev–Trinajstić information content (AvgIpc) is 2.69. The smallest absolute Gasteiger partial charge is 0.322 e. The largest absolute Gasteiger partial charge is 0.362 e. The van der Waals surface area contributed by atoms with E-state index < -0.39 is 4.92 Å². The fraction of sp³-hybridized carbons (Fsp3) is 0.263. The molecule has 1 aliphatic heterocycles. The van der Waals surface area contributed by atoms with E-state index in [9.17, 15) is 19.7 Å². The molecular weight excluding hydrogens is 398 g/mol. The molecule has 29 heavy (non-hydrogen) atoms. The molecular formula is C19H20ClN5O4. The highest BCUT2D eigenvalue weighted by molar-refractivity contribution is 6.34. The molecule has 2 aromatic carbocycles. The standard InChI is InChI=1S/C19H20ClN5O4/c1-13(26)21-14-6-7-16(15(20)12-14)22-19(27)24-10-8-23(9-11-24)17-4-2-3-5-18(17)25(28)29/h2-7,12H,8-11H2,1H3,(H,21,26)(H,22,27). The van der Waals surface area contributed by atoms with Gasteiger partial charge in [0.25, 0.3) is 5.69 Å². The molecule has 2 N–H and O–H groups in total. The van der Waals surface area contributed by atoms with Crippen molar-refractivity contribution in [3.05, 3.63) is 57.6 Å². The molecule has 0 aromatic heterocycles. The van der Waals surface area contributed by atoms with Gasteiger partial charge in [-0.1, -0.05) is 23.7 Å². The Bertz CT molecular complexity index is 944. The van der Waals surface area contributed by atoms with Gasteiger partial charge in [-0.3, -0.25) is 14.9 Å². The van der Waals surface area contributed by atoms with Gasteiger partial charge in [0, 0.05) is 44.9 Å². The number of nitrogens with one attached hydrogen (secondary N) is 2. The highest BCUT2D eigenvalue weighted by Crippen LogP contribution is 2.29. The number of hydrogen-bond donors (Lipinski definition) is 2. The van der Waals surface area contributed by atoms with E-state index in [1.807, 2.05) is 4.90 Å². The Morgan fingerprint density at radius 2 is 1.76 bits per heavy atom. The number of hydrogen-bond acceptors (Lipinski definition) is 5. The maximum atomic E-state index is 12.6. The van der Waals surface area contributed by atoms with Gasteiger partial charge >= 0.3 is 6.03 Å². The third-order valence-corrected chi connectivity index (χ3v) is 4.83. The van der Waals surface area contributed by atoms with Crippen molar-refractivity contribution >= 4 is 46.3 Å². The van der Waals surface area contributed by atoms with E-state index in [2.05, 4.69) is 10.6 Å². The van der Waals surface area contributed by atoms with Crippen molar-refractivity contribution in [2.45, 2.75) is 6.92 Å². The molecule has 9 nitrogen and oxygen atoms in total. The summed E-state index contributed by atoms with van der Waals surface area (Å²) in [4.78, 5) is 38.0. The third-order valence-electron chi connectivity index (χ3n) is 4.52. The predicted octanol–water partition coefficient (Wildman–Crippen LogP) is 3.56. The number of nitro benzene ring substituents is 1. The van der Waals surface area contributed by atoms with Crippen LogP contribution in [0.3, 0.4) is 0 Å². The predicted molar refractivity (Wildman–Crippen MR) is 112 cm³/mol. The molecule has 0 unspecified atom stereocenters. The molecule has 0 spiro atoms. The monoisotopic (exact) mass is 417 g/mol. The first-order valence-corrected chi connectivity index (χ1v) is 9.34. The molecule has 10 heteroatoms. The second-order valence-corrected chi connectivity index (χ2v) is 6.93. The number of urea groups is 1. The van der Waals surface area contributed by atoms with Gasteiger partial charge in [-0.2, -0.15) is 0 Å². The molecule has 152 valence electrons. The minimum absolute atomic E-state index is 0.0523. The van der Waals surface area contributed by atoms with Crippen molar-refractivity contribution in [2.24, 2.45) is 0 Å². The van der Waals surface area contributed by atoms with Crippen LogP contribution < -0.4 is 15.5 Å². The summed E-state index contributed by atoms with van der Waals surface area (Å²) in [6.07, 6.45) is 0. The zero-order valence-electron chi connectivity index (χ0n) is 15.7.